The Morgan fingerprint density at radius 2 is 1.82 bits per heavy atom. The van der Waals surface area contributed by atoms with Gasteiger partial charge < -0.3 is 24.4 Å². The van der Waals surface area contributed by atoms with Crippen molar-refractivity contribution < 1.29 is 23.8 Å². The molecule has 0 saturated carbocycles. The minimum absolute atomic E-state index is 0.0361. The van der Waals surface area contributed by atoms with Crippen molar-refractivity contribution >= 4 is 17.5 Å². The van der Waals surface area contributed by atoms with E-state index >= 15 is 0 Å². The molecular formula is C21H24N2O5. The molecule has 1 saturated heterocycles. The number of anilines is 1. The summed E-state index contributed by atoms with van der Waals surface area (Å²) in [5, 5.41) is 2.86. The van der Waals surface area contributed by atoms with Crippen LogP contribution in [0.2, 0.25) is 0 Å². The van der Waals surface area contributed by atoms with E-state index in [1.54, 1.807) is 42.3 Å². The maximum Gasteiger partial charge on any atom is 0.258 e. The molecule has 28 heavy (non-hydrogen) atoms. The minimum Gasteiger partial charge on any atom is -0.497 e. The van der Waals surface area contributed by atoms with Crippen LogP contribution in [0.4, 0.5) is 5.69 Å². The lowest BCUT2D eigenvalue weighted by molar-refractivity contribution is -0.123. The molecule has 0 aliphatic carbocycles. The molecule has 2 aromatic rings. The molecule has 1 heterocycles. The van der Waals surface area contributed by atoms with Gasteiger partial charge in [-0.1, -0.05) is 6.07 Å². The second kappa shape index (κ2) is 9.12. The Balaban J connectivity index is 1.50. The van der Waals surface area contributed by atoms with Gasteiger partial charge in [-0.25, -0.2) is 0 Å². The lowest BCUT2D eigenvalue weighted by Crippen LogP contribution is -2.39. The standard InChI is InChI=1S/C21H24N2O5/c1-3-27-17-7-9-18(10-8-17)28-14-20(24)22-15-11-21(25)23(13-15)16-5-4-6-19(12-16)26-2/h4-10,12,15H,3,11,13-14H2,1-2H3,(H,22,24). The quantitative estimate of drug-likeness (QED) is 0.756. The molecule has 3 rings (SSSR count). The number of rotatable bonds is 8. The van der Waals surface area contributed by atoms with Gasteiger partial charge >= 0.3 is 0 Å². The first-order valence-electron chi connectivity index (χ1n) is 9.18. The van der Waals surface area contributed by atoms with E-state index in [1.165, 1.54) is 0 Å². The summed E-state index contributed by atoms with van der Waals surface area (Å²) in [6.07, 6.45) is 0.256. The van der Waals surface area contributed by atoms with E-state index in [-0.39, 0.29) is 30.9 Å². The molecule has 2 aromatic carbocycles. The Kier molecular flexibility index (Phi) is 6.37. The second-order valence-electron chi connectivity index (χ2n) is 6.37. The Morgan fingerprint density at radius 3 is 2.50 bits per heavy atom. The van der Waals surface area contributed by atoms with Crippen LogP contribution in [-0.2, 0) is 9.59 Å². The molecule has 1 aliphatic heterocycles. The molecule has 0 spiro atoms. The topological polar surface area (TPSA) is 77.1 Å². The summed E-state index contributed by atoms with van der Waals surface area (Å²) in [4.78, 5) is 26.2. The highest BCUT2D eigenvalue weighted by molar-refractivity contribution is 5.97. The molecule has 1 aliphatic rings. The van der Waals surface area contributed by atoms with Gasteiger partial charge in [0.25, 0.3) is 5.91 Å². The predicted octanol–water partition coefficient (Wildman–Crippen LogP) is 2.39. The highest BCUT2D eigenvalue weighted by Crippen LogP contribution is 2.25. The van der Waals surface area contributed by atoms with Crippen molar-refractivity contribution in [3.63, 3.8) is 0 Å². The number of methoxy groups -OCH3 is 1. The molecule has 1 atom stereocenters. The lowest BCUT2D eigenvalue weighted by Gasteiger charge is -2.18. The molecule has 1 fully saturated rings. The summed E-state index contributed by atoms with van der Waals surface area (Å²) in [5.41, 5.74) is 0.756. The summed E-state index contributed by atoms with van der Waals surface area (Å²) < 4.78 is 16.1. The summed E-state index contributed by atoms with van der Waals surface area (Å²) in [6, 6.07) is 14.1. The number of ether oxygens (including phenoxy) is 3. The Hall–Kier alpha value is -3.22. The van der Waals surface area contributed by atoms with Crippen molar-refractivity contribution in [2.24, 2.45) is 0 Å². The Bertz CT molecular complexity index is 822. The van der Waals surface area contributed by atoms with Crippen LogP contribution in [0, 0.1) is 0 Å². The SMILES string of the molecule is CCOc1ccc(OCC(=O)NC2CC(=O)N(c3cccc(OC)c3)C2)cc1. The van der Waals surface area contributed by atoms with E-state index in [0.717, 1.165) is 11.4 Å². The van der Waals surface area contributed by atoms with Crippen LogP contribution in [0.15, 0.2) is 48.5 Å². The van der Waals surface area contributed by atoms with Crippen LogP contribution in [0.5, 0.6) is 17.2 Å². The number of nitrogens with one attached hydrogen (secondary N) is 1. The number of hydrogen-bond acceptors (Lipinski definition) is 5. The number of carbonyl (C=O) groups is 2. The van der Waals surface area contributed by atoms with E-state index in [4.69, 9.17) is 14.2 Å². The first-order chi connectivity index (χ1) is 13.6. The van der Waals surface area contributed by atoms with Crippen LogP contribution in [0.1, 0.15) is 13.3 Å². The number of carbonyl (C=O) groups excluding carboxylic acids is 2. The van der Waals surface area contributed by atoms with Gasteiger partial charge in [-0.05, 0) is 43.3 Å². The van der Waals surface area contributed by atoms with Crippen molar-refractivity contribution in [2.75, 3.05) is 31.8 Å². The fraction of sp³-hybridized carbons (Fsp3) is 0.333. The van der Waals surface area contributed by atoms with Gasteiger partial charge in [0, 0.05) is 24.7 Å². The number of amides is 2. The van der Waals surface area contributed by atoms with Gasteiger partial charge in [0.15, 0.2) is 6.61 Å². The van der Waals surface area contributed by atoms with Crippen molar-refractivity contribution in [3.05, 3.63) is 48.5 Å². The fourth-order valence-corrected chi connectivity index (χ4v) is 3.05. The number of hydrogen-bond donors (Lipinski definition) is 1. The fourth-order valence-electron chi connectivity index (χ4n) is 3.05. The summed E-state index contributed by atoms with van der Waals surface area (Å²) in [6.45, 7) is 2.81. The zero-order valence-corrected chi connectivity index (χ0v) is 16.0. The summed E-state index contributed by atoms with van der Waals surface area (Å²) in [5.74, 6) is 1.72. The first kappa shape index (κ1) is 19.5. The Labute approximate surface area is 164 Å². The molecule has 0 aromatic heterocycles. The summed E-state index contributed by atoms with van der Waals surface area (Å²) in [7, 11) is 1.58. The number of nitrogens with zero attached hydrogens (tertiary/aromatic N) is 1. The molecule has 7 nitrogen and oxygen atoms in total. The maximum atomic E-state index is 12.3. The van der Waals surface area contributed by atoms with Crippen molar-refractivity contribution in [1.82, 2.24) is 5.32 Å². The van der Waals surface area contributed by atoms with Gasteiger partial charge in [-0.2, -0.15) is 0 Å². The zero-order valence-electron chi connectivity index (χ0n) is 16.0. The van der Waals surface area contributed by atoms with Gasteiger partial charge in [0.2, 0.25) is 5.91 Å². The third-order valence-electron chi connectivity index (χ3n) is 4.36. The van der Waals surface area contributed by atoms with Crippen molar-refractivity contribution in [3.8, 4) is 17.2 Å². The highest BCUT2D eigenvalue weighted by atomic mass is 16.5. The highest BCUT2D eigenvalue weighted by Gasteiger charge is 2.31. The first-order valence-corrected chi connectivity index (χ1v) is 9.18. The maximum absolute atomic E-state index is 12.3. The molecule has 148 valence electrons. The van der Waals surface area contributed by atoms with E-state index in [2.05, 4.69) is 5.32 Å². The Morgan fingerprint density at radius 1 is 1.11 bits per heavy atom. The smallest absolute Gasteiger partial charge is 0.258 e. The van der Waals surface area contributed by atoms with E-state index < -0.39 is 0 Å². The average molecular weight is 384 g/mol. The van der Waals surface area contributed by atoms with Gasteiger partial charge in [-0.3, -0.25) is 9.59 Å². The molecule has 0 radical (unpaired) electrons. The largest absolute Gasteiger partial charge is 0.497 e. The number of benzene rings is 2. The van der Waals surface area contributed by atoms with Crippen LogP contribution in [0.25, 0.3) is 0 Å². The predicted molar refractivity (Wildman–Crippen MR) is 105 cm³/mol. The molecule has 1 unspecified atom stereocenters. The molecule has 1 N–H and O–H groups in total. The lowest BCUT2D eigenvalue weighted by atomic mass is 10.2. The monoisotopic (exact) mass is 384 g/mol. The van der Waals surface area contributed by atoms with Crippen LogP contribution in [-0.4, -0.2) is 44.7 Å². The second-order valence-corrected chi connectivity index (χ2v) is 6.37. The molecular weight excluding hydrogens is 360 g/mol. The van der Waals surface area contributed by atoms with Gasteiger partial charge in [-0.15, -0.1) is 0 Å². The van der Waals surface area contributed by atoms with Crippen LogP contribution >= 0.6 is 0 Å². The van der Waals surface area contributed by atoms with Crippen molar-refractivity contribution in [2.45, 2.75) is 19.4 Å². The normalized spacial score (nSPS) is 16.0. The average Bonchev–Trinajstić information content (AvgIpc) is 3.07. The molecule has 7 heteroatoms. The van der Waals surface area contributed by atoms with Gasteiger partial charge in [0.05, 0.1) is 19.8 Å². The minimum atomic E-state index is -0.265. The van der Waals surface area contributed by atoms with E-state index in [9.17, 15) is 9.59 Å². The van der Waals surface area contributed by atoms with Crippen molar-refractivity contribution in [1.29, 1.82) is 0 Å². The molecule has 0 bridgehead atoms. The third kappa shape index (κ3) is 4.94. The van der Waals surface area contributed by atoms with E-state index in [1.807, 2.05) is 25.1 Å². The van der Waals surface area contributed by atoms with Crippen LogP contribution < -0.4 is 24.4 Å². The van der Waals surface area contributed by atoms with Crippen LogP contribution in [0.3, 0.4) is 0 Å². The van der Waals surface area contributed by atoms with Gasteiger partial charge in [0.1, 0.15) is 17.2 Å². The third-order valence-corrected chi connectivity index (χ3v) is 4.36. The van der Waals surface area contributed by atoms with E-state index in [0.29, 0.717) is 24.7 Å². The zero-order chi connectivity index (χ0) is 19.9. The summed E-state index contributed by atoms with van der Waals surface area (Å²) >= 11 is 0. The molecule has 2 amide bonds.